The number of aromatic nitrogens is 6. The van der Waals surface area contributed by atoms with Gasteiger partial charge in [-0.15, -0.1) is 0 Å². The molecule has 2 amide bonds. The molecule has 520 valence electrons. The summed E-state index contributed by atoms with van der Waals surface area (Å²) in [6, 6.07) is 5.34. The van der Waals surface area contributed by atoms with Crippen LogP contribution in [0.15, 0.2) is 95.0 Å². The summed E-state index contributed by atoms with van der Waals surface area (Å²) in [6.45, 7) is 17.4. The van der Waals surface area contributed by atoms with E-state index in [4.69, 9.17) is 25.6 Å². The number of halogens is 11. The zero-order chi connectivity index (χ0) is 72.3. The van der Waals surface area contributed by atoms with Gasteiger partial charge in [0.1, 0.15) is 74.9 Å². The molecule has 5 N–H and O–H groups in total. The topological polar surface area (TPSA) is 243 Å². The molecule has 0 saturated carbocycles. The van der Waals surface area contributed by atoms with Gasteiger partial charge in [0.15, 0.2) is 0 Å². The van der Waals surface area contributed by atoms with E-state index in [1.807, 2.05) is 64.3 Å². The Morgan fingerprint density at radius 2 is 1.05 bits per heavy atom. The maximum absolute atomic E-state index is 14.9. The molecular formula is C65H70BClF10N10O10. The fourth-order valence-electron chi connectivity index (χ4n) is 10.5. The summed E-state index contributed by atoms with van der Waals surface area (Å²) < 4.78 is 161. The molecule has 20 nitrogen and oxygen atoms in total. The van der Waals surface area contributed by atoms with Crippen LogP contribution in [0.4, 0.5) is 55.3 Å². The van der Waals surface area contributed by atoms with Crippen molar-refractivity contribution in [3.05, 3.63) is 179 Å². The molecule has 8 aromatic rings. The number of fused-ring (bicyclic) bond motifs is 2. The lowest BCUT2D eigenvalue weighted by atomic mass is 9.79. The number of carbonyl (C=O) groups is 4. The van der Waals surface area contributed by atoms with Crippen molar-refractivity contribution in [2.75, 3.05) is 17.7 Å². The van der Waals surface area contributed by atoms with Crippen LogP contribution in [0.2, 0.25) is 5.02 Å². The van der Waals surface area contributed by atoms with E-state index >= 15 is 0 Å². The predicted octanol–water partition coefficient (Wildman–Crippen LogP) is 10.6. The van der Waals surface area contributed by atoms with Crippen LogP contribution in [0.3, 0.4) is 0 Å². The van der Waals surface area contributed by atoms with Crippen molar-refractivity contribution in [2.45, 2.75) is 143 Å². The molecule has 1 aliphatic heterocycles. The van der Waals surface area contributed by atoms with E-state index in [2.05, 4.69) is 20.6 Å². The van der Waals surface area contributed by atoms with Crippen molar-refractivity contribution in [3.8, 4) is 11.1 Å². The van der Waals surface area contributed by atoms with E-state index in [1.165, 1.54) is 35.4 Å². The minimum Gasteiger partial charge on any atom is -0.480 e. The fraction of sp³-hybridized carbons (Fsp3) is 0.385. The number of pyridine rings is 4. The van der Waals surface area contributed by atoms with E-state index in [0.717, 1.165) is 24.1 Å². The van der Waals surface area contributed by atoms with Crippen LogP contribution in [0.1, 0.15) is 109 Å². The molecule has 0 radical (unpaired) electrons. The second-order valence-electron chi connectivity index (χ2n) is 23.9. The minimum atomic E-state index is -4.68. The number of nitrogens with zero attached hydrogens (tertiary/aromatic N) is 6. The number of rotatable bonds is 18. The molecule has 0 bridgehead atoms. The Labute approximate surface area is 554 Å². The Balaban J connectivity index is 0.000000236. The van der Waals surface area contributed by atoms with Crippen molar-refractivity contribution >= 4 is 70.6 Å². The Morgan fingerprint density at radius 1 is 0.639 bits per heavy atom. The average Bonchev–Trinajstić information content (AvgIpc) is 1.68. The highest BCUT2D eigenvalue weighted by Gasteiger charge is 2.52. The molecule has 1 saturated heterocycles. The third kappa shape index (κ3) is 16.6. The lowest BCUT2D eigenvalue weighted by molar-refractivity contribution is -0.143. The quantitative estimate of drug-likeness (QED) is 0.0305. The number of carboxylic acids is 1. The smallest absolute Gasteiger partial charge is 0.480 e. The maximum atomic E-state index is 14.9. The summed E-state index contributed by atoms with van der Waals surface area (Å²) in [5.74, 6) is -10.9. The number of benzene rings is 2. The molecule has 1 aliphatic rings. The third-order valence-electron chi connectivity index (χ3n) is 16.8. The number of alkyl halides is 6. The molecule has 0 aliphatic carbocycles. The Morgan fingerprint density at radius 3 is 1.49 bits per heavy atom. The average molecular weight is 1390 g/mol. The molecule has 2 aromatic carbocycles. The van der Waals surface area contributed by atoms with E-state index in [1.54, 1.807) is 73.4 Å². The van der Waals surface area contributed by atoms with Crippen LogP contribution in [0.5, 0.6) is 0 Å². The van der Waals surface area contributed by atoms with Gasteiger partial charge in [-0.3, -0.25) is 19.2 Å². The Bertz CT molecular complexity index is 4350. The number of amides is 2. The first-order valence-electron chi connectivity index (χ1n) is 30.0. The number of imidazole rings is 2. The highest BCUT2D eigenvalue weighted by atomic mass is 35.5. The van der Waals surface area contributed by atoms with E-state index in [0.29, 0.717) is 74.1 Å². The molecule has 97 heavy (non-hydrogen) atoms. The molecule has 0 spiro atoms. The van der Waals surface area contributed by atoms with Crippen LogP contribution >= 0.6 is 11.6 Å². The Hall–Kier alpha value is -9.23. The molecule has 6 aromatic heterocycles. The van der Waals surface area contributed by atoms with Gasteiger partial charge in [0.25, 0.3) is 22.9 Å². The van der Waals surface area contributed by atoms with Crippen LogP contribution < -0.4 is 37.8 Å². The van der Waals surface area contributed by atoms with Gasteiger partial charge in [0.2, 0.25) is 0 Å². The summed E-state index contributed by atoms with van der Waals surface area (Å²) in [5.41, 5.74) is 1.60. The number of methoxy groups -OCH3 is 1. The second-order valence-corrected chi connectivity index (χ2v) is 24.3. The van der Waals surface area contributed by atoms with Gasteiger partial charge < -0.3 is 58.4 Å². The number of carbonyl (C=O) groups excluding carboxylic acids is 3. The monoisotopic (exact) mass is 1390 g/mol. The number of ether oxygens (including phenoxy) is 1. The zero-order valence-electron chi connectivity index (χ0n) is 54.8. The molecule has 7 heterocycles. The molecule has 32 heteroatoms. The van der Waals surface area contributed by atoms with Crippen molar-refractivity contribution in [1.82, 2.24) is 38.5 Å². The third-order valence-corrected chi connectivity index (χ3v) is 17.2. The van der Waals surface area contributed by atoms with E-state index < -0.39 is 137 Å². The van der Waals surface area contributed by atoms with Gasteiger partial charge in [-0.1, -0.05) is 31.5 Å². The van der Waals surface area contributed by atoms with Crippen molar-refractivity contribution in [2.24, 2.45) is 14.1 Å². The van der Waals surface area contributed by atoms with Gasteiger partial charge >= 0.3 is 31.4 Å². The maximum Gasteiger partial charge on any atom is 0.498 e. The lowest BCUT2D eigenvalue weighted by Crippen LogP contribution is -2.44. The summed E-state index contributed by atoms with van der Waals surface area (Å²) in [5, 5.41) is 18.5. The first-order valence-corrected chi connectivity index (χ1v) is 30.4. The van der Waals surface area contributed by atoms with Crippen LogP contribution in [0, 0.1) is 51.0 Å². The number of aliphatic carboxylic acids is 1. The van der Waals surface area contributed by atoms with Gasteiger partial charge in [0.05, 0.1) is 23.9 Å². The lowest BCUT2D eigenvalue weighted by Gasteiger charge is -2.32. The molecule has 9 rings (SSSR count). The van der Waals surface area contributed by atoms with Crippen LogP contribution in [-0.2, 0) is 50.6 Å². The second kappa shape index (κ2) is 29.6. The van der Waals surface area contributed by atoms with Gasteiger partial charge in [-0.25, -0.2) is 37.1 Å². The molecule has 1 fully saturated rings. The zero-order valence-corrected chi connectivity index (χ0v) is 55.5. The molecule has 4 atom stereocenters. The molecular weight excluding hydrogens is 1320 g/mol. The number of hydrogen-bond acceptors (Lipinski definition) is 13. The number of aryl methyl sites for hydroxylation is 4. The van der Waals surface area contributed by atoms with Gasteiger partial charge in [-0.05, 0) is 134 Å². The predicted molar refractivity (Wildman–Crippen MR) is 342 cm³/mol. The number of esters is 1. The Kier molecular flexibility index (Phi) is 23.0. The number of nitrogens with one attached hydrogen (secondary N) is 4. The normalized spacial score (nSPS) is 14.7. The van der Waals surface area contributed by atoms with Crippen molar-refractivity contribution < 1.29 is 82.2 Å². The largest absolute Gasteiger partial charge is 0.498 e. The SMILES string of the molecule is CC[C@@H](Nc1cc(F)c(C(=O)N[C@@H](Cc2ccc(-c3c(C)cc(C)n(C)c3=O)c3nccn23)C(=O)O)c(F)c1)C(F)(F)F.CC[C@@H](Nc1cc(F)c(C(=O)N[C@@H](Cc2ccc(B3OC(C)(C)C(C)(C)O3)c3nccn23)C(=O)OC)c(F)c1)C(F)(F)F.Cc1cc(C)n(C)c(=O)c1Cl. The summed E-state index contributed by atoms with van der Waals surface area (Å²) in [4.78, 5) is 83.5. The van der Waals surface area contributed by atoms with Gasteiger partial charge in [0, 0.05) is 96.9 Å². The number of carboxylic acid groups (broad SMARTS) is 1. The van der Waals surface area contributed by atoms with Crippen LogP contribution in [-0.4, -0.2) is 119 Å². The number of anilines is 2. The minimum absolute atomic E-state index is 0.121. The summed E-state index contributed by atoms with van der Waals surface area (Å²) in [7, 11) is 3.70. The van der Waals surface area contributed by atoms with Crippen molar-refractivity contribution in [3.63, 3.8) is 0 Å². The first-order chi connectivity index (χ1) is 45.2. The fourth-order valence-corrected chi connectivity index (χ4v) is 10.7. The first kappa shape index (κ1) is 75.2. The highest BCUT2D eigenvalue weighted by molar-refractivity contribution is 6.64. The van der Waals surface area contributed by atoms with Crippen LogP contribution in [0.25, 0.3) is 22.4 Å². The highest BCUT2D eigenvalue weighted by Crippen LogP contribution is 2.37. The summed E-state index contributed by atoms with van der Waals surface area (Å²) >= 11 is 5.72. The molecule has 0 unspecified atom stereocenters. The van der Waals surface area contributed by atoms with E-state index in [9.17, 15) is 77.8 Å². The van der Waals surface area contributed by atoms with Crippen molar-refractivity contribution in [1.29, 1.82) is 0 Å². The van der Waals surface area contributed by atoms with Gasteiger partial charge in [-0.2, -0.15) is 26.3 Å². The standard InChI is InChI=1S/C29H28F5N5O4.C28H32BF5N4O5.C8H10ClNO/c1-5-22(29(32,33)34)36-16-11-19(30)24(20(31)12-16)26(40)37-21(28(42)43)13-17-6-7-18(25-35-8-9-39(17)25)23-14(2)10-15(3)38(4)27(23)41;1-7-21(28(32,33)34)36-15-12-18(30)22(19(31)13-15)24(39)37-20(25(40)41-6)14-16-8-9-17(23-35-10-11-38(16)23)29-42-26(2,3)27(4,5)43-29;1-5-4-6(2)10(3)8(11)7(5)9/h6-12,21-22,36H,5,13H2,1-4H3,(H,37,40)(H,42,43);8-13,20-21,36H,7,14H2,1-6H3,(H,37,39);4H,1-3H3/t21-,22+;20-,21+;/m00./s1. The summed E-state index contributed by atoms with van der Waals surface area (Å²) in [6.07, 6.45) is -4.50. The van der Waals surface area contributed by atoms with E-state index in [-0.39, 0.29) is 24.0 Å². The number of hydrogen-bond donors (Lipinski definition) is 5.